The van der Waals surface area contributed by atoms with Crippen molar-refractivity contribution >= 4 is 11.7 Å². The van der Waals surface area contributed by atoms with Gasteiger partial charge in [0.05, 0.1) is 0 Å². The summed E-state index contributed by atoms with van der Waals surface area (Å²) < 4.78 is 10.8. The zero-order valence-electron chi connectivity index (χ0n) is 15.7. The van der Waals surface area contributed by atoms with Crippen LogP contribution in [0.5, 0.6) is 11.5 Å². The summed E-state index contributed by atoms with van der Waals surface area (Å²) in [5.41, 5.74) is 4.04. The number of carbonyl (C=O) groups excluding carboxylic acids is 1. The van der Waals surface area contributed by atoms with Crippen molar-refractivity contribution in [2.45, 2.75) is 13.5 Å². The molecule has 0 atom stereocenters. The molecule has 0 aromatic heterocycles. The SMILES string of the molecule is CCN(Cc1ccc2c(c1)OCO2)C(=O)Nc1ccc(-c2ccccc2)cc1. The van der Waals surface area contributed by atoms with Crippen LogP contribution in [0.15, 0.2) is 72.8 Å². The van der Waals surface area contributed by atoms with Gasteiger partial charge in [-0.1, -0.05) is 48.5 Å². The van der Waals surface area contributed by atoms with Crippen LogP contribution < -0.4 is 14.8 Å². The van der Waals surface area contributed by atoms with Crippen molar-refractivity contribution in [1.29, 1.82) is 0 Å². The molecule has 0 radical (unpaired) electrons. The molecule has 2 amide bonds. The third kappa shape index (κ3) is 3.93. The maximum absolute atomic E-state index is 12.7. The van der Waals surface area contributed by atoms with Crippen LogP contribution >= 0.6 is 0 Å². The first-order valence-electron chi connectivity index (χ1n) is 9.33. The lowest BCUT2D eigenvalue weighted by Gasteiger charge is -2.21. The average molecular weight is 374 g/mol. The molecular weight excluding hydrogens is 352 g/mol. The lowest BCUT2D eigenvalue weighted by Crippen LogP contribution is -2.34. The van der Waals surface area contributed by atoms with Crippen LogP contribution in [-0.4, -0.2) is 24.3 Å². The summed E-state index contributed by atoms with van der Waals surface area (Å²) in [6.07, 6.45) is 0. The largest absolute Gasteiger partial charge is 0.454 e. The second kappa shape index (κ2) is 8.05. The molecule has 1 aliphatic heterocycles. The van der Waals surface area contributed by atoms with Crippen molar-refractivity contribution in [3.8, 4) is 22.6 Å². The van der Waals surface area contributed by atoms with Crippen LogP contribution in [-0.2, 0) is 6.54 Å². The number of hydrogen-bond donors (Lipinski definition) is 1. The zero-order chi connectivity index (χ0) is 19.3. The van der Waals surface area contributed by atoms with Crippen molar-refractivity contribution in [3.63, 3.8) is 0 Å². The van der Waals surface area contributed by atoms with Gasteiger partial charge in [-0.2, -0.15) is 0 Å². The van der Waals surface area contributed by atoms with E-state index in [0.29, 0.717) is 13.1 Å². The molecule has 1 N–H and O–H groups in total. The lowest BCUT2D eigenvalue weighted by atomic mass is 10.1. The summed E-state index contributed by atoms with van der Waals surface area (Å²) in [4.78, 5) is 14.4. The molecule has 0 saturated carbocycles. The molecule has 0 unspecified atom stereocenters. The second-order valence-corrected chi connectivity index (χ2v) is 6.58. The van der Waals surface area contributed by atoms with Gasteiger partial charge in [0, 0.05) is 18.8 Å². The Kier molecular flexibility index (Phi) is 5.15. The number of hydrogen-bond acceptors (Lipinski definition) is 3. The van der Waals surface area contributed by atoms with E-state index in [1.165, 1.54) is 0 Å². The van der Waals surface area contributed by atoms with Gasteiger partial charge in [0.25, 0.3) is 0 Å². The number of ether oxygens (including phenoxy) is 2. The first-order chi connectivity index (χ1) is 13.7. The molecule has 0 spiro atoms. The van der Waals surface area contributed by atoms with Gasteiger partial charge in [-0.05, 0) is 47.9 Å². The predicted molar refractivity (Wildman–Crippen MR) is 110 cm³/mol. The van der Waals surface area contributed by atoms with Gasteiger partial charge < -0.3 is 19.7 Å². The number of nitrogens with zero attached hydrogens (tertiary/aromatic N) is 1. The van der Waals surface area contributed by atoms with Gasteiger partial charge in [0.15, 0.2) is 11.5 Å². The predicted octanol–water partition coefficient (Wildman–Crippen LogP) is 5.14. The van der Waals surface area contributed by atoms with Crippen molar-refractivity contribution in [3.05, 3.63) is 78.4 Å². The Labute approximate surface area is 164 Å². The van der Waals surface area contributed by atoms with Gasteiger partial charge >= 0.3 is 6.03 Å². The van der Waals surface area contributed by atoms with Crippen molar-refractivity contribution in [1.82, 2.24) is 4.90 Å². The normalized spacial score (nSPS) is 11.9. The van der Waals surface area contributed by atoms with E-state index in [1.54, 1.807) is 4.90 Å². The van der Waals surface area contributed by atoms with Crippen LogP contribution in [0.4, 0.5) is 10.5 Å². The number of urea groups is 1. The number of nitrogens with one attached hydrogen (secondary N) is 1. The highest BCUT2D eigenvalue weighted by Crippen LogP contribution is 2.32. The number of carbonyl (C=O) groups is 1. The highest BCUT2D eigenvalue weighted by atomic mass is 16.7. The van der Waals surface area contributed by atoms with Crippen molar-refractivity contribution in [2.75, 3.05) is 18.7 Å². The second-order valence-electron chi connectivity index (χ2n) is 6.58. The van der Waals surface area contributed by atoms with Crippen LogP contribution in [0.25, 0.3) is 11.1 Å². The number of amides is 2. The molecule has 28 heavy (non-hydrogen) atoms. The van der Waals surface area contributed by atoms with Crippen LogP contribution in [0, 0.1) is 0 Å². The molecule has 1 aliphatic rings. The third-order valence-electron chi connectivity index (χ3n) is 4.72. The molecule has 5 heteroatoms. The van der Waals surface area contributed by atoms with E-state index in [9.17, 15) is 4.79 Å². The maximum Gasteiger partial charge on any atom is 0.322 e. The van der Waals surface area contributed by atoms with E-state index >= 15 is 0 Å². The molecule has 1 heterocycles. The maximum atomic E-state index is 12.7. The van der Waals surface area contributed by atoms with Crippen molar-refractivity contribution in [2.24, 2.45) is 0 Å². The summed E-state index contributed by atoms with van der Waals surface area (Å²) in [5, 5.41) is 2.98. The number of rotatable bonds is 5. The molecule has 3 aromatic rings. The molecule has 0 aliphatic carbocycles. The fourth-order valence-electron chi connectivity index (χ4n) is 3.17. The van der Waals surface area contributed by atoms with Crippen LogP contribution in [0.1, 0.15) is 12.5 Å². The fraction of sp³-hybridized carbons (Fsp3) is 0.174. The first kappa shape index (κ1) is 17.9. The Hall–Kier alpha value is -3.47. The van der Waals surface area contributed by atoms with Gasteiger partial charge in [-0.25, -0.2) is 4.79 Å². The number of benzene rings is 3. The van der Waals surface area contributed by atoms with Crippen LogP contribution in [0.3, 0.4) is 0 Å². The molecular formula is C23H22N2O3. The Morgan fingerprint density at radius 2 is 1.64 bits per heavy atom. The van der Waals surface area contributed by atoms with Gasteiger partial charge in [-0.15, -0.1) is 0 Å². The molecule has 0 fully saturated rings. The van der Waals surface area contributed by atoms with E-state index in [0.717, 1.165) is 33.9 Å². The van der Waals surface area contributed by atoms with Crippen molar-refractivity contribution < 1.29 is 14.3 Å². The summed E-state index contributed by atoms with van der Waals surface area (Å²) in [5.74, 6) is 1.47. The monoisotopic (exact) mass is 374 g/mol. The zero-order valence-corrected chi connectivity index (χ0v) is 15.7. The quantitative estimate of drug-likeness (QED) is 0.673. The van der Waals surface area contributed by atoms with E-state index in [4.69, 9.17) is 9.47 Å². The summed E-state index contributed by atoms with van der Waals surface area (Å²) in [6.45, 7) is 3.31. The Morgan fingerprint density at radius 3 is 2.39 bits per heavy atom. The molecule has 0 bridgehead atoms. The Balaban J connectivity index is 1.41. The summed E-state index contributed by atoms with van der Waals surface area (Å²) in [7, 11) is 0. The minimum atomic E-state index is -0.132. The Morgan fingerprint density at radius 1 is 0.929 bits per heavy atom. The van der Waals surface area contributed by atoms with E-state index in [2.05, 4.69) is 17.4 Å². The molecule has 3 aromatic carbocycles. The standard InChI is InChI=1S/C23H22N2O3/c1-2-25(15-17-8-13-21-22(14-17)28-16-27-21)23(26)24-20-11-9-19(10-12-20)18-6-4-3-5-7-18/h3-14H,2,15-16H2,1H3,(H,24,26). The molecule has 4 rings (SSSR count). The molecule has 142 valence electrons. The number of anilines is 1. The first-order valence-corrected chi connectivity index (χ1v) is 9.33. The highest BCUT2D eigenvalue weighted by Gasteiger charge is 2.16. The summed E-state index contributed by atoms with van der Waals surface area (Å²) >= 11 is 0. The van der Waals surface area contributed by atoms with Gasteiger partial charge in [0.2, 0.25) is 6.79 Å². The smallest absolute Gasteiger partial charge is 0.322 e. The fourth-order valence-corrected chi connectivity index (χ4v) is 3.17. The van der Waals surface area contributed by atoms with Gasteiger partial charge in [-0.3, -0.25) is 0 Å². The molecule has 0 saturated heterocycles. The minimum absolute atomic E-state index is 0.132. The molecule has 5 nitrogen and oxygen atoms in total. The van der Waals surface area contributed by atoms with E-state index in [1.807, 2.05) is 67.6 Å². The highest BCUT2D eigenvalue weighted by molar-refractivity contribution is 5.89. The topological polar surface area (TPSA) is 50.8 Å². The Bertz CT molecular complexity index is 955. The minimum Gasteiger partial charge on any atom is -0.454 e. The average Bonchev–Trinajstić information content (AvgIpc) is 3.21. The number of fused-ring (bicyclic) bond motifs is 1. The van der Waals surface area contributed by atoms with E-state index < -0.39 is 0 Å². The third-order valence-corrected chi connectivity index (χ3v) is 4.72. The summed E-state index contributed by atoms with van der Waals surface area (Å²) in [6, 6.07) is 23.7. The lowest BCUT2D eigenvalue weighted by molar-refractivity contribution is 0.174. The van der Waals surface area contributed by atoms with Crippen LogP contribution in [0.2, 0.25) is 0 Å². The van der Waals surface area contributed by atoms with E-state index in [-0.39, 0.29) is 12.8 Å². The van der Waals surface area contributed by atoms with Gasteiger partial charge in [0.1, 0.15) is 0 Å².